The normalized spacial score (nSPS) is 10.5. The van der Waals surface area contributed by atoms with Crippen molar-refractivity contribution < 1.29 is 9.90 Å². The molecule has 0 atom stereocenters. The third-order valence-electron chi connectivity index (χ3n) is 1.88. The largest absolute Gasteiger partial charge is 0.477 e. The zero-order valence-electron chi connectivity index (χ0n) is 8.68. The average molecular weight is 287 g/mol. The van der Waals surface area contributed by atoms with Crippen LogP contribution in [0.25, 0.3) is 0 Å². The number of hydrogen-bond donors (Lipinski definition) is 1. The second-order valence-corrected chi connectivity index (χ2v) is 5.73. The second-order valence-electron chi connectivity index (χ2n) is 3.09. The Hall–Kier alpha value is -1.11. The number of pyridine rings is 1. The van der Waals surface area contributed by atoms with Crippen molar-refractivity contribution in [1.29, 1.82) is 0 Å². The Morgan fingerprint density at radius 1 is 1.59 bits per heavy atom. The van der Waals surface area contributed by atoms with Gasteiger partial charge in [0.1, 0.15) is 9.90 Å². The molecule has 0 fully saturated rings. The van der Waals surface area contributed by atoms with Gasteiger partial charge in [-0.2, -0.15) is 0 Å². The number of aromatic carboxylic acids is 1. The van der Waals surface area contributed by atoms with E-state index in [0.717, 1.165) is 11.3 Å². The molecule has 2 rings (SSSR count). The molecule has 0 saturated heterocycles. The van der Waals surface area contributed by atoms with Gasteiger partial charge < -0.3 is 5.11 Å². The first-order valence-electron chi connectivity index (χ1n) is 4.57. The number of hydrogen-bond acceptors (Lipinski definition) is 5. The van der Waals surface area contributed by atoms with E-state index in [0.29, 0.717) is 20.1 Å². The summed E-state index contributed by atoms with van der Waals surface area (Å²) >= 11 is 8.35. The average Bonchev–Trinajstić information content (AvgIpc) is 2.63. The van der Waals surface area contributed by atoms with Crippen LogP contribution in [0.4, 0.5) is 0 Å². The zero-order valence-corrected chi connectivity index (χ0v) is 11.1. The van der Waals surface area contributed by atoms with E-state index in [2.05, 4.69) is 9.97 Å². The molecule has 0 amide bonds. The van der Waals surface area contributed by atoms with Gasteiger partial charge in [-0.15, -0.1) is 0 Å². The highest BCUT2D eigenvalue weighted by Gasteiger charge is 2.15. The van der Waals surface area contributed by atoms with Crippen LogP contribution in [0.15, 0.2) is 27.7 Å². The van der Waals surface area contributed by atoms with Crippen molar-refractivity contribution in [3.8, 4) is 0 Å². The summed E-state index contributed by atoms with van der Waals surface area (Å²) < 4.78 is 0.625. The highest BCUT2D eigenvalue weighted by atomic mass is 35.5. The van der Waals surface area contributed by atoms with Crippen LogP contribution in [-0.2, 0) is 0 Å². The fraction of sp³-hybridized carbons (Fsp3) is 0.100. The van der Waals surface area contributed by atoms with Gasteiger partial charge in [-0.3, -0.25) is 0 Å². The molecule has 1 N–H and O–H groups in total. The van der Waals surface area contributed by atoms with Crippen LogP contribution in [0.3, 0.4) is 0 Å². The fourth-order valence-electron chi connectivity index (χ4n) is 1.14. The summed E-state index contributed by atoms with van der Waals surface area (Å²) in [6.45, 7) is 1.67. The Bertz CT molecular complexity index is 571. The van der Waals surface area contributed by atoms with Crippen molar-refractivity contribution in [2.45, 2.75) is 16.3 Å². The van der Waals surface area contributed by atoms with Crippen LogP contribution in [0.1, 0.15) is 15.4 Å². The number of thiazole rings is 1. The van der Waals surface area contributed by atoms with E-state index in [-0.39, 0.29) is 4.88 Å². The molecule has 7 heteroatoms. The molecule has 17 heavy (non-hydrogen) atoms. The van der Waals surface area contributed by atoms with Crippen molar-refractivity contribution in [3.63, 3.8) is 0 Å². The summed E-state index contributed by atoms with van der Waals surface area (Å²) in [6.07, 6.45) is 1.63. The maximum absolute atomic E-state index is 10.9. The Morgan fingerprint density at radius 3 is 2.94 bits per heavy atom. The molecule has 0 radical (unpaired) electrons. The third-order valence-corrected chi connectivity index (χ3v) is 4.52. The molecule has 0 spiro atoms. The lowest BCUT2D eigenvalue weighted by Gasteiger charge is -1.97. The van der Waals surface area contributed by atoms with E-state index in [1.165, 1.54) is 11.8 Å². The number of rotatable bonds is 3. The van der Waals surface area contributed by atoms with Crippen molar-refractivity contribution in [3.05, 3.63) is 33.9 Å². The van der Waals surface area contributed by atoms with Crippen molar-refractivity contribution in [1.82, 2.24) is 9.97 Å². The molecular formula is C10H7ClN2O2S2. The molecule has 0 aromatic carbocycles. The molecule has 4 nitrogen and oxygen atoms in total. The highest BCUT2D eigenvalue weighted by molar-refractivity contribution is 8.01. The van der Waals surface area contributed by atoms with Crippen LogP contribution in [-0.4, -0.2) is 21.0 Å². The number of aryl methyl sites for hydroxylation is 1. The van der Waals surface area contributed by atoms with Crippen molar-refractivity contribution >= 4 is 40.7 Å². The van der Waals surface area contributed by atoms with E-state index in [9.17, 15) is 4.79 Å². The van der Waals surface area contributed by atoms with Gasteiger partial charge in [0.2, 0.25) is 0 Å². The molecule has 2 aromatic heterocycles. The lowest BCUT2D eigenvalue weighted by atomic mass is 10.4. The van der Waals surface area contributed by atoms with Gasteiger partial charge in [0, 0.05) is 6.20 Å². The molecule has 0 unspecified atom stereocenters. The first-order valence-corrected chi connectivity index (χ1v) is 6.58. The van der Waals surface area contributed by atoms with Crippen LogP contribution in [0, 0.1) is 6.92 Å². The molecular weight excluding hydrogens is 280 g/mol. The summed E-state index contributed by atoms with van der Waals surface area (Å²) in [5, 5.41) is 10.1. The van der Waals surface area contributed by atoms with Gasteiger partial charge in [0.25, 0.3) is 0 Å². The third kappa shape index (κ3) is 2.77. The van der Waals surface area contributed by atoms with E-state index in [1.54, 1.807) is 25.3 Å². The standard InChI is InChI=1S/C10H7ClN2O2S2/c1-5-7(9(14)15)16-10(13-5)17-8-6(11)3-2-4-12-8/h2-4H,1H3,(H,14,15). The van der Waals surface area contributed by atoms with Crippen LogP contribution in [0.2, 0.25) is 5.02 Å². The number of nitrogens with zero attached hydrogens (tertiary/aromatic N) is 2. The lowest BCUT2D eigenvalue weighted by Crippen LogP contribution is -1.94. The predicted molar refractivity (Wildman–Crippen MR) is 67.2 cm³/mol. The number of carbonyl (C=O) groups is 1. The quantitative estimate of drug-likeness (QED) is 0.937. The predicted octanol–water partition coefficient (Wildman–Crippen LogP) is 3.35. The fourth-order valence-corrected chi connectivity index (χ4v) is 3.30. The summed E-state index contributed by atoms with van der Waals surface area (Å²) in [5.41, 5.74) is 0.511. The minimum absolute atomic E-state index is 0.250. The Kier molecular flexibility index (Phi) is 3.66. The second kappa shape index (κ2) is 5.03. The van der Waals surface area contributed by atoms with Crippen LogP contribution < -0.4 is 0 Å². The van der Waals surface area contributed by atoms with Crippen LogP contribution in [0.5, 0.6) is 0 Å². The topological polar surface area (TPSA) is 63.1 Å². The number of carboxylic acid groups (broad SMARTS) is 1. The minimum atomic E-state index is -0.959. The molecule has 2 heterocycles. The summed E-state index contributed by atoms with van der Waals surface area (Å²) in [4.78, 5) is 19.4. The van der Waals surface area contributed by atoms with Gasteiger partial charge in [0.05, 0.1) is 10.7 Å². The first-order chi connectivity index (χ1) is 8.08. The summed E-state index contributed by atoms with van der Waals surface area (Å²) in [5.74, 6) is -0.959. The van der Waals surface area contributed by atoms with Crippen LogP contribution >= 0.6 is 34.7 Å². The minimum Gasteiger partial charge on any atom is -0.477 e. The Balaban J connectivity index is 2.28. The SMILES string of the molecule is Cc1nc(Sc2ncccc2Cl)sc1C(=O)O. The smallest absolute Gasteiger partial charge is 0.347 e. The van der Waals surface area contributed by atoms with Gasteiger partial charge in [-0.25, -0.2) is 14.8 Å². The highest BCUT2D eigenvalue weighted by Crippen LogP contribution is 2.34. The number of aromatic nitrogens is 2. The van der Waals surface area contributed by atoms with E-state index in [4.69, 9.17) is 16.7 Å². The zero-order chi connectivity index (χ0) is 12.4. The Labute approximate surface area is 111 Å². The van der Waals surface area contributed by atoms with Crippen molar-refractivity contribution in [2.24, 2.45) is 0 Å². The maximum Gasteiger partial charge on any atom is 0.347 e. The number of carboxylic acids is 1. The Morgan fingerprint density at radius 2 is 2.35 bits per heavy atom. The molecule has 88 valence electrons. The molecule has 0 saturated carbocycles. The summed E-state index contributed by atoms with van der Waals surface area (Å²) in [7, 11) is 0. The molecule has 0 aliphatic heterocycles. The maximum atomic E-state index is 10.9. The molecule has 0 aliphatic carbocycles. The van der Waals surface area contributed by atoms with Crippen molar-refractivity contribution in [2.75, 3.05) is 0 Å². The molecule has 0 bridgehead atoms. The van der Waals surface area contributed by atoms with Gasteiger partial charge in [-0.1, -0.05) is 22.9 Å². The van der Waals surface area contributed by atoms with E-state index >= 15 is 0 Å². The molecule has 2 aromatic rings. The van der Waals surface area contributed by atoms with E-state index < -0.39 is 5.97 Å². The molecule has 0 aliphatic rings. The lowest BCUT2D eigenvalue weighted by molar-refractivity contribution is 0.0701. The first kappa shape index (κ1) is 12.3. The number of halogens is 1. The van der Waals surface area contributed by atoms with Gasteiger partial charge in [-0.05, 0) is 30.8 Å². The van der Waals surface area contributed by atoms with E-state index in [1.807, 2.05) is 0 Å². The monoisotopic (exact) mass is 286 g/mol. The summed E-state index contributed by atoms with van der Waals surface area (Å²) in [6, 6.07) is 3.47. The van der Waals surface area contributed by atoms with Gasteiger partial charge in [0.15, 0.2) is 4.34 Å². The van der Waals surface area contributed by atoms with Gasteiger partial charge >= 0.3 is 5.97 Å².